The van der Waals surface area contributed by atoms with E-state index in [1.165, 1.54) is 85.8 Å². The number of amides is 2. The number of ether oxygens (including phenoxy) is 2. The summed E-state index contributed by atoms with van der Waals surface area (Å²) < 4.78 is 53.4. The van der Waals surface area contributed by atoms with E-state index in [2.05, 4.69) is 5.32 Å². The molecule has 0 bridgehead atoms. The fraction of sp³-hybridized carbons (Fsp3) is 0.375. The van der Waals surface area contributed by atoms with Crippen LogP contribution in [0.5, 0.6) is 11.5 Å². The smallest absolute Gasteiger partial charge is 0.264 e. The Hall–Kier alpha value is -3.83. The lowest BCUT2D eigenvalue weighted by Gasteiger charge is -2.33. The predicted octanol–water partition coefficient (Wildman–Crippen LogP) is 5.56. The second-order valence-corrected chi connectivity index (χ2v) is 13.0. The standard InChI is InChI=1S/C32H37ClFN3O6S/c1-22(32(39)35-26-7-5-4-6-8-26)36(20-23-9-13-25(34)14-10-23)31(38)21-37(27-15-11-24(33)12-16-27)44(40,41)28-17-18-29(42-2)30(19-28)43-3/h9-19,22,26H,4-8,20-21H2,1-3H3,(H,35,39)/t22-/m1/s1. The number of nitrogens with one attached hydrogen (secondary N) is 1. The third-order valence-corrected chi connectivity index (χ3v) is 9.74. The summed E-state index contributed by atoms with van der Waals surface area (Å²) >= 11 is 6.09. The molecule has 0 aliphatic heterocycles. The highest BCUT2D eigenvalue weighted by molar-refractivity contribution is 7.92. The van der Waals surface area contributed by atoms with Gasteiger partial charge in [-0.3, -0.25) is 13.9 Å². The molecule has 9 nitrogen and oxygen atoms in total. The average molecular weight is 646 g/mol. The molecule has 44 heavy (non-hydrogen) atoms. The zero-order valence-corrected chi connectivity index (χ0v) is 26.5. The van der Waals surface area contributed by atoms with Crippen LogP contribution in [-0.4, -0.2) is 58.0 Å². The van der Waals surface area contributed by atoms with Crippen molar-refractivity contribution in [1.82, 2.24) is 10.2 Å². The van der Waals surface area contributed by atoms with Gasteiger partial charge in [0, 0.05) is 23.7 Å². The third-order valence-electron chi connectivity index (χ3n) is 7.72. The maximum Gasteiger partial charge on any atom is 0.264 e. The molecular formula is C32H37ClFN3O6S. The molecule has 1 saturated carbocycles. The van der Waals surface area contributed by atoms with Crippen LogP contribution in [0.2, 0.25) is 5.02 Å². The number of hydrogen-bond acceptors (Lipinski definition) is 6. The first-order chi connectivity index (χ1) is 21.0. The molecule has 1 aliphatic rings. The molecule has 0 aromatic heterocycles. The highest BCUT2D eigenvalue weighted by Crippen LogP contribution is 2.33. The lowest BCUT2D eigenvalue weighted by molar-refractivity contribution is -0.139. The Labute approximate surface area is 262 Å². The van der Waals surface area contributed by atoms with Gasteiger partial charge in [-0.2, -0.15) is 0 Å². The summed E-state index contributed by atoms with van der Waals surface area (Å²) in [6.45, 7) is 0.943. The summed E-state index contributed by atoms with van der Waals surface area (Å²) in [6.07, 6.45) is 4.87. The minimum absolute atomic E-state index is 0.0115. The van der Waals surface area contributed by atoms with E-state index in [1.807, 2.05) is 0 Å². The van der Waals surface area contributed by atoms with Crippen molar-refractivity contribution < 1.29 is 31.9 Å². The lowest BCUT2D eigenvalue weighted by Crippen LogP contribution is -2.53. The van der Waals surface area contributed by atoms with Crippen LogP contribution in [0.25, 0.3) is 0 Å². The highest BCUT2D eigenvalue weighted by atomic mass is 35.5. The molecule has 2 amide bonds. The van der Waals surface area contributed by atoms with Gasteiger partial charge in [-0.1, -0.05) is 43.0 Å². The Bertz CT molecular complexity index is 1550. The van der Waals surface area contributed by atoms with Crippen molar-refractivity contribution in [2.24, 2.45) is 0 Å². The van der Waals surface area contributed by atoms with Crippen LogP contribution in [0, 0.1) is 5.82 Å². The summed E-state index contributed by atoms with van der Waals surface area (Å²) in [5.41, 5.74) is 0.774. The first kappa shape index (κ1) is 33.1. The summed E-state index contributed by atoms with van der Waals surface area (Å²) in [5, 5.41) is 3.44. The predicted molar refractivity (Wildman–Crippen MR) is 167 cm³/mol. The lowest BCUT2D eigenvalue weighted by atomic mass is 9.95. The molecule has 1 atom stereocenters. The van der Waals surface area contributed by atoms with Crippen molar-refractivity contribution >= 4 is 39.1 Å². The van der Waals surface area contributed by atoms with Crippen LogP contribution in [0.15, 0.2) is 71.6 Å². The van der Waals surface area contributed by atoms with Gasteiger partial charge in [0.2, 0.25) is 11.8 Å². The van der Waals surface area contributed by atoms with Crippen molar-refractivity contribution in [3.05, 3.63) is 83.1 Å². The molecule has 0 spiro atoms. The summed E-state index contributed by atoms with van der Waals surface area (Å²) in [4.78, 5) is 28.7. The Morgan fingerprint density at radius 3 is 2.20 bits per heavy atom. The number of halogens is 2. The van der Waals surface area contributed by atoms with Crippen LogP contribution < -0.4 is 19.1 Å². The Morgan fingerprint density at radius 2 is 1.59 bits per heavy atom. The average Bonchev–Trinajstić information content (AvgIpc) is 3.03. The van der Waals surface area contributed by atoms with Crippen molar-refractivity contribution in [2.75, 3.05) is 25.1 Å². The van der Waals surface area contributed by atoms with Crippen molar-refractivity contribution in [2.45, 2.75) is 62.6 Å². The van der Waals surface area contributed by atoms with Crippen LogP contribution in [-0.2, 0) is 26.2 Å². The molecule has 3 aromatic carbocycles. The molecule has 0 heterocycles. The van der Waals surface area contributed by atoms with E-state index in [9.17, 15) is 22.4 Å². The van der Waals surface area contributed by atoms with E-state index in [0.717, 1.165) is 36.4 Å². The normalized spacial score (nSPS) is 14.4. The minimum atomic E-state index is -4.34. The number of carbonyl (C=O) groups is 2. The number of nitrogens with zero attached hydrogens (tertiary/aromatic N) is 2. The first-order valence-corrected chi connectivity index (χ1v) is 16.2. The second-order valence-electron chi connectivity index (χ2n) is 10.7. The molecule has 12 heteroatoms. The Balaban J connectivity index is 1.70. The maximum absolute atomic E-state index is 14.1. The van der Waals surface area contributed by atoms with Gasteiger partial charge in [-0.25, -0.2) is 12.8 Å². The minimum Gasteiger partial charge on any atom is -0.493 e. The topological polar surface area (TPSA) is 105 Å². The van der Waals surface area contributed by atoms with Gasteiger partial charge in [0.05, 0.1) is 24.8 Å². The van der Waals surface area contributed by atoms with Gasteiger partial charge in [-0.15, -0.1) is 0 Å². The van der Waals surface area contributed by atoms with Crippen molar-refractivity contribution in [3.8, 4) is 11.5 Å². The van der Waals surface area contributed by atoms with Crippen molar-refractivity contribution in [1.29, 1.82) is 0 Å². The van der Waals surface area contributed by atoms with Gasteiger partial charge < -0.3 is 19.7 Å². The molecule has 4 rings (SSSR count). The quantitative estimate of drug-likeness (QED) is 0.277. The molecule has 0 radical (unpaired) electrons. The molecule has 1 fully saturated rings. The van der Waals surface area contributed by atoms with E-state index in [4.69, 9.17) is 21.1 Å². The number of carbonyl (C=O) groups excluding carboxylic acids is 2. The van der Waals surface area contributed by atoms with Gasteiger partial charge in [0.25, 0.3) is 10.0 Å². The van der Waals surface area contributed by atoms with Crippen LogP contribution >= 0.6 is 11.6 Å². The van der Waals surface area contributed by atoms with E-state index in [-0.39, 0.29) is 34.8 Å². The van der Waals surface area contributed by atoms with Gasteiger partial charge >= 0.3 is 0 Å². The van der Waals surface area contributed by atoms with Crippen molar-refractivity contribution in [3.63, 3.8) is 0 Å². The SMILES string of the molecule is COc1ccc(S(=O)(=O)N(CC(=O)N(Cc2ccc(F)cc2)[C@H](C)C(=O)NC2CCCCC2)c2ccc(Cl)cc2)cc1OC. The molecule has 236 valence electrons. The molecule has 0 unspecified atom stereocenters. The number of anilines is 1. The fourth-order valence-electron chi connectivity index (χ4n) is 5.18. The molecule has 3 aromatic rings. The third kappa shape index (κ3) is 8.00. The number of sulfonamides is 1. The van der Waals surface area contributed by atoms with E-state index in [0.29, 0.717) is 16.3 Å². The number of methoxy groups -OCH3 is 2. The molecule has 0 saturated heterocycles. The van der Waals surface area contributed by atoms with Crippen LogP contribution in [0.3, 0.4) is 0 Å². The van der Waals surface area contributed by atoms with E-state index >= 15 is 0 Å². The number of hydrogen-bond donors (Lipinski definition) is 1. The van der Waals surface area contributed by atoms with Gasteiger partial charge in [-0.05, 0) is 73.9 Å². The number of benzene rings is 3. The highest BCUT2D eigenvalue weighted by Gasteiger charge is 2.33. The van der Waals surface area contributed by atoms with Crippen LogP contribution in [0.1, 0.15) is 44.6 Å². The largest absolute Gasteiger partial charge is 0.493 e. The Kier molecular flexibility index (Phi) is 11.1. The molecular weight excluding hydrogens is 609 g/mol. The number of rotatable bonds is 12. The molecule has 1 N–H and O–H groups in total. The van der Waals surface area contributed by atoms with E-state index in [1.54, 1.807) is 6.92 Å². The first-order valence-electron chi connectivity index (χ1n) is 14.4. The van der Waals surface area contributed by atoms with Crippen LogP contribution in [0.4, 0.5) is 10.1 Å². The van der Waals surface area contributed by atoms with Gasteiger partial charge in [0.1, 0.15) is 18.4 Å². The summed E-state index contributed by atoms with van der Waals surface area (Å²) in [7, 11) is -1.52. The second kappa shape index (κ2) is 14.8. The summed E-state index contributed by atoms with van der Waals surface area (Å²) in [6, 6.07) is 14.8. The fourth-order valence-corrected chi connectivity index (χ4v) is 6.73. The zero-order valence-electron chi connectivity index (χ0n) is 25.0. The summed E-state index contributed by atoms with van der Waals surface area (Å²) in [5.74, 6) is -0.872. The monoisotopic (exact) mass is 645 g/mol. The maximum atomic E-state index is 14.1. The molecule has 1 aliphatic carbocycles. The van der Waals surface area contributed by atoms with Gasteiger partial charge in [0.15, 0.2) is 11.5 Å². The Morgan fingerprint density at radius 1 is 0.955 bits per heavy atom. The zero-order chi connectivity index (χ0) is 31.9. The van der Waals surface area contributed by atoms with E-state index < -0.39 is 34.3 Å².